The van der Waals surface area contributed by atoms with Crippen molar-refractivity contribution < 1.29 is 14.7 Å². The molecule has 0 spiro atoms. The normalized spacial score (nSPS) is 16.9. The van der Waals surface area contributed by atoms with E-state index in [9.17, 15) is 9.59 Å². The fraction of sp³-hybridized carbons (Fsp3) is 0.533. The van der Waals surface area contributed by atoms with Crippen LogP contribution in [0.5, 0.6) is 0 Å². The Morgan fingerprint density at radius 1 is 1.30 bits per heavy atom. The number of amides is 1. The Labute approximate surface area is 118 Å². The van der Waals surface area contributed by atoms with Gasteiger partial charge in [0, 0.05) is 12.6 Å². The summed E-state index contributed by atoms with van der Waals surface area (Å²) in [6, 6.07) is 1.85. The smallest absolute Gasteiger partial charge is 0.303 e. The van der Waals surface area contributed by atoms with Crippen molar-refractivity contribution in [1.29, 1.82) is 0 Å². The Morgan fingerprint density at radius 3 is 2.60 bits per heavy atom. The van der Waals surface area contributed by atoms with Crippen molar-refractivity contribution in [2.24, 2.45) is 5.41 Å². The van der Waals surface area contributed by atoms with Gasteiger partial charge in [0.05, 0.1) is 18.3 Å². The lowest BCUT2D eigenvalue weighted by Crippen LogP contribution is -2.27. The number of carbonyl (C=O) groups is 2. The summed E-state index contributed by atoms with van der Waals surface area (Å²) in [6.07, 6.45) is 7.32. The monoisotopic (exact) mass is 276 g/mol. The number of hydrogen-bond acceptors (Lipinski definition) is 3. The van der Waals surface area contributed by atoms with Gasteiger partial charge in [0.15, 0.2) is 0 Å². The third-order valence-electron chi connectivity index (χ3n) is 3.88. The van der Waals surface area contributed by atoms with Gasteiger partial charge in [0.1, 0.15) is 0 Å². The van der Waals surface area contributed by atoms with E-state index in [1.165, 1.54) is 0 Å². The number of hydrogen-bond donors (Lipinski definition) is 2. The molecule has 1 saturated carbocycles. The molecule has 2 N–H and O–H groups in total. The Hall–Kier alpha value is -1.91. The summed E-state index contributed by atoms with van der Waals surface area (Å²) in [5, 5.41) is 11.8. The van der Waals surface area contributed by atoms with E-state index >= 15 is 0 Å². The van der Waals surface area contributed by atoms with Gasteiger partial charge in [0.2, 0.25) is 5.91 Å². The summed E-state index contributed by atoms with van der Waals surface area (Å²) >= 11 is 0. The largest absolute Gasteiger partial charge is 0.481 e. The lowest BCUT2D eigenvalue weighted by Gasteiger charge is -2.26. The molecule has 0 unspecified atom stereocenters. The van der Waals surface area contributed by atoms with Crippen LogP contribution in [0.1, 0.15) is 44.1 Å². The number of pyridine rings is 1. The van der Waals surface area contributed by atoms with E-state index in [0.29, 0.717) is 5.69 Å². The van der Waals surface area contributed by atoms with Gasteiger partial charge in [0.25, 0.3) is 0 Å². The first-order chi connectivity index (χ1) is 9.49. The zero-order valence-electron chi connectivity index (χ0n) is 11.7. The second-order valence-corrected chi connectivity index (χ2v) is 5.75. The summed E-state index contributed by atoms with van der Waals surface area (Å²) in [4.78, 5) is 27.2. The standard InChI is InChI=1S/C15H20N2O3/c1-11-6-12(10-16-9-11)17-13(18)7-15(8-14(19)20)4-2-3-5-15/h6,9-10H,2-5,7-8H2,1H3,(H,17,18)(H,19,20). The molecule has 1 aliphatic carbocycles. The predicted molar refractivity (Wildman–Crippen MR) is 75.4 cm³/mol. The molecule has 108 valence electrons. The SMILES string of the molecule is Cc1cncc(NC(=O)CC2(CC(=O)O)CCCC2)c1. The summed E-state index contributed by atoms with van der Waals surface area (Å²) in [6.45, 7) is 1.91. The van der Waals surface area contributed by atoms with Crippen LogP contribution in [0.3, 0.4) is 0 Å². The first-order valence-corrected chi connectivity index (χ1v) is 6.92. The number of aromatic nitrogens is 1. The molecular formula is C15H20N2O3. The number of carboxylic acid groups (broad SMARTS) is 1. The lowest BCUT2D eigenvalue weighted by atomic mass is 9.79. The van der Waals surface area contributed by atoms with Gasteiger partial charge in [-0.15, -0.1) is 0 Å². The molecule has 0 bridgehead atoms. The minimum absolute atomic E-state index is 0.0759. The molecule has 1 aromatic rings. The highest BCUT2D eigenvalue weighted by atomic mass is 16.4. The highest BCUT2D eigenvalue weighted by Crippen LogP contribution is 2.44. The molecule has 0 saturated heterocycles. The van der Waals surface area contributed by atoms with Crippen molar-refractivity contribution in [3.63, 3.8) is 0 Å². The molecule has 0 aromatic carbocycles. The van der Waals surface area contributed by atoms with Crippen LogP contribution in [0.25, 0.3) is 0 Å². The minimum atomic E-state index is -0.822. The summed E-state index contributed by atoms with van der Waals surface area (Å²) < 4.78 is 0. The van der Waals surface area contributed by atoms with Gasteiger partial charge in [-0.05, 0) is 36.8 Å². The van der Waals surface area contributed by atoms with E-state index in [1.807, 2.05) is 13.0 Å². The third-order valence-corrected chi connectivity index (χ3v) is 3.88. The Bertz CT molecular complexity index is 508. The molecule has 20 heavy (non-hydrogen) atoms. The van der Waals surface area contributed by atoms with Crippen LogP contribution >= 0.6 is 0 Å². The van der Waals surface area contributed by atoms with E-state index in [0.717, 1.165) is 31.2 Å². The van der Waals surface area contributed by atoms with Crippen molar-refractivity contribution in [3.8, 4) is 0 Å². The highest BCUT2D eigenvalue weighted by Gasteiger charge is 2.37. The van der Waals surface area contributed by atoms with Crippen molar-refractivity contribution in [2.45, 2.75) is 45.4 Å². The maximum Gasteiger partial charge on any atom is 0.303 e. The molecule has 5 heteroatoms. The van der Waals surface area contributed by atoms with Gasteiger partial charge in [-0.25, -0.2) is 0 Å². The van der Waals surface area contributed by atoms with Gasteiger partial charge in [-0.3, -0.25) is 14.6 Å². The second-order valence-electron chi connectivity index (χ2n) is 5.75. The fourth-order valence-corrected chi connectivity index (χ4v) is 3.03. The highest BCUT2D eigenvalue weighted by molar-refractivity contribution is 5.91. The molecule has 0 aliphatic heterocycles. The van der Waals surface area contributed by atoms with Crippen LogP contribution in [-0.4, -0.2) is 22.0 Å². The van der Waals surface area contributed by atoms with Crippen LogP contribution < -0.4 is 5.32 Å². The fourth-order valence-electron chi connectivity index (χ4n) is 3.03. The van der Waals surface area contributed by atoms with Gasteiger partial charge >= 0.3 is 5.97 Å². The van der Waals surface area contributed by atoms with Crippen LogP contribution in [-0.2, 0) is 9.59 Å². The predicted octanol–water partition coefficient (Wildman–Crippen LogP) is 2.75. The Morgan fingerprint density at radius 2 is 2.00 bits per heavy atom. The second kappa shape index (κ2) is 6.03. The Kier molecular flexibility index (Phi) is 4.37. The third kappa shape index (κ3) is 3.79. The molecule has 0 atom stereocenters. The molecule has 1 amide bonds. The van der Waals surface area contributed by atoms with E-state index in [1.54, 1.807) is 12.4 Å². The average molecular weight is 276 g/mol. The number of anilines is 1. The van der Waals surface area contributed by atoms with Gasteiger partial charge in [-0.1, -0.05) is 12.8 Å². The molecule has 1 fully saturated rings. The van der Waals surface area contributed by atoms with Crippen LogP contribution in [0.4, 0.5) is 5.69 Å². The average Bonchev–Trinajstić information content (AvgIpc) is 2.75. The van der Waals surface area contributed by atoms with Crippen LogP contribution in [0.15, 0.2) is 18.5 Å². The van der Waals surface area contributed by atoms with E-state index < -0.39 is 5.97 Å². The summed E-state index contributed by atoms with van der Waals surface area (Å²) in [5.41, 5.74) is 1.27. The maximum absolute atomic E-state index is 12.1. The summed E-state index contributed by atoms with van der Waals surface area (Å²) in [7, 11) is 0. The number of aliphatic carboxylic acids is 1. The maximum atomic E-state index is 12.1. The number of carbonyl (C=O) groups excluding carboxylic acids is 1. The zero-order valence-corrected chi connectivity index (χ0v) is 11.7. The van der Waals surface area contributed by atoms with Crippen molar-refractivity contribution in [2.75, 3.05) is 5.32 Å². The van der Waals surface area contributed by atoms with Crippen LogP contribution in [0, 0.1) is 12.3 Å². The lowest BCUT2D eigenvalue weighted by molar-refractivity contribution is -0.140. The number of carboxylic acids is 1. The molecule has 5 nitrogen and oxygen atoms in total. The molecule has 1 heterocycles. The van der Waals surface area contributed by atoms with E-state index in [2.05, 4.69) is 10.3 Å². The number of nitrogens with zero attached hydrogens (tertiary/aromatic N) is 1. The number of nitrogens with one attached hydrogen (secondary N) is 1. The zero-order chi connectivity index (χ0) is 14.6. The molecular weight excluding hydrogens is 256 g/mol. The quantitative estimate of drug-likeness (QED) is 0.866. The number of rotatable bonds is 5. The summed E-state index contributed by atoms with van der Waals surface area (Å²) in [5.74, 6) is -0.947. The van der Waals surface area contributed by atoms with Gasteiger partial charge in [-0.2, -0.15) is 0 Å². The van der Waals surface area contributed by atoms with Crippen LogP contribution in [0.2, 0.25) is 0 Å². The van der Waals surface area contributed by atoms with Crippen molar-refractivity contribution in [1.82, 2.24) is 4.98 Å². The minimum Gasteiger partial charge on any atom is -0.481 e. The molecule has 2 rings (SSSR count). The first-order valence-electron chi connectivity index (χ1n) is 6.92. The molecule has 1 aromatic heterocycles. The van der Waals surface area contributed by atoms with Gasteiger partial charge < -0.3 is 10.4 Å². The first kappa shape index (κ1) is 14.5. The number of aryl methyl sites for hydroxylation is 1. The van der Waals surface area contributed by atoms with Crippen molar-refractivity contribution in [3.05, 3.63) is 24.0 Å². The van der Waals surface area contributed by atoms with E-state index in [4.69, 9.17) is 5.11 Å². The Balaban J connectivity index is 2.00. The topological polar surface area (TPSA) is 79.3 Å². The molecule has 0 radical (unpaired) electrons. The van der Waals surface area contributed by atoms with Crippen molar-refractivity contribution >= 4 is 17.6 Å². The van der Waals surface area contributed by atoms with E-state index in [-0.39, 0.29) is 24.2 Å². The molecule has 1 aliphatic rings.